The van der Waals surface area contributed by atoms with Gasteiger partial charge in [-0.05, 0) is 20.8 Å². The van der Waals surface area contributed by atoms with E-state index in [0.29, 0.717) is 40.3 Å². The minimum atomic E-state index is -0.495. The number of halogens is 1. The summed E-state index contributed by atoms with van der Waals surface area (Å²) >= 11 is 0. The molecule has 3 amide bonds. The van der Waals surface area contributed by atoms with Gasteiger partial charge in [0, 0.05) is 42.2 Å². The van der Waals surface area contributed by atoms with Crippen LogP contribution in [0.3, 0.4) is 0 Å². The fourth-order valence-electron chi connectivity index (χ4n) is 3.16. The first-order valence-corrected chi connectivity index (χ1v) is 10.2. The van der Waals surface area contributed by atoms with Gasteiger partial charge in [0.15, 0.2) is 11.8 Å². The van der Waals surface area contributed by atoms with E-state index in [4.69, 9.17) is 16.9 Å². The molecular formula is C20H28ClN11O3. The molecule has 15 heteroatoms. The zero-order chi connectivity index (χ0) is 25.0. The maximum absolute atomic E-state index is 12.8. The Hall–Kier alpha value is -4.46. The number of aromatic nitrogens is 4. The molecule has 0 fully saturated rings. The summed E-state index contributed by atoms with van der Waals surface area (Å²) in [6.45, 7) is 5.58. The Balaban J connectivity index is 0.00000432. The maximum atomic E-state index is 12.8. The lowest BCUT2D eigenvalue weighted by Crippen LogP contribution is -2.37. The molecule has 0 aliphatic carbocycles. The van der Waals surface area contributed by atoms with Gasteiger partial charge < -0.3 is 42.7 Å². The molecule has 35 heavy (non-hydrogen) atoms. The van der Waals surface area contributed by atoms with Gasteiger partial charge in [-0.15, -0.1) is 12.4 Å². The second kappa shape index (κ2) is 11.1. The molecule has 3 aromatic heterocycles. The summed E-state index contributed by atoms with van der Waals surface area (Å²) in [6, 6.07) is 0. The van der Waals surface area contributed by atoms with E-state index in [0.717, 1.165) is 0 Å². The third-order valence-corrected chi connectivity index (χ3v) is 5.22. The van der Waals surface area contributed by atoms with Crippen molar-refractivity contribution in [3.8, 4) is 0 Å². The van der Waals surface area contributed by atoms with Crippen molar-refractivity contribution in [2.45, 2.75) is 20.8 Å². The van der Waals surface area contributed by atoms with E-state index in [-0.39, 0.29) is 48.0 Å². The molecule has 0 saturated heterocycles. The third-order valence-electron chi connectivity index (χ3n) is 5.22. The number of anilines is 3. The summed E-state index contributed by atoms with van der Waals surface area (Å²) in [5.74, 6) is -1.30. The lowest BCUT2D eigenvalue weighted by atomic mass is 10.2. The van der Waals surface area contributed by atoms with Crippen molar-refractivity contribution in [2.75, 3.05) is 29.5 Å². The predicted octanol–water partition coefficient (Wildman–Crippen LogP) is 0.713. The van der Waals surface area contributed by atoms with Gasteiger partial charge >= 0.3 is 0 Å². The van der Waals surface area contributed by atoms with Crippen LogP contribution in [0.15, 0.2) is 12.4 Å². The van der Waals surface area contributed by atoms with Crippen LogP contribution in [0.25, 0.3) is 0 Å². The summed E-state index contributed by atoms with van der Waals surface area (Å²) in [5.41, 5.74) is 14.2. The van der Waals surface area contributed by atoms with Gasteiger partial charge in [-0.1, -0.05) is 0 Å². The van der Waals surface area contributed by atoms with Gasteiger partial charge in [0.05, 0.1) is 11.4 Å². The number of nitrogens with two attached hydrogens (primary N) is 2. The summed E-state index contributed by atoms with van der Waals surface area (Å²) in [6.07, 6.45) is 3.05. The van der Waals surface area contributed by atoms with Crippen LogP contribution in [-0.4, -0.2) is 56.9 Å². The van der Waals surface area contributed by atoms with Crippen LogP contribution in [0.4, 0.5) is 17.2 Å². The SMILES string of the molecule is Cc1c(N)c[nH]c1C(=O)Nc1c[nH]c(C(=O)Nc2n[nH]c(C(=O)NCCNC(=N)N)c2C)c1C.Cl. The first-order chi connectivity index (χ1) is 16.1. The van der Waals surface area contributed by atoms with Crippen LogP contribution in [0.2, 0.25) is 0 Å². The molecule has 3 heterocycles. The number of rotatable bonds is 8. The molecule has 0 bridgehead atoms. The highest BCUT2D eigenvalue weighted by molar-refractivity contribution is 6.08. The standard InChI is InChI=1S/C20H27N11O3.ClH/c1-8-11(21)6-26-13(8)18(33)28-12-7-27-14(9(12)2)19(34)29-16-10(3)15(30-31-16)17(32)24-4-5-25-20(22)23;/h6-7,26-27H,4-5,21H2,1-3H3,(H,24,32)(H,28,33)(H4,22,23,25)(H2,29,30,31,34);1H. The zero-order valence-corrected chi connectivity index (χ0v) is 20.1. The first kappa shape index (κ1) is 26.8. The average molecular weight is 506 g/mol. The predicted molar refractivity (Wildman–Crippen MR) is 134 cm³/mol. The molecule has 0 saturated carbocycles. The zero-order valence-electron chi connectivity index (χ0n) is 19.3. The minimum absolute atomic E-state index is 0. The van der Waals surface area contributed by atoms with E-state index in [1.54, 1.807) is 20.8 Å². The van der Waals surface area contributed by atoms with Gasteiger partial charge in [0.25, 0.3) is 17.7 Å². The average Bonchev–Trinajstić information content (AvgIpc) is 3.43. The van der Waals surface area contributed by atoms with E-state index in [2.05, 4.69) is 41.4 Å². The van der Waals surface area contributed by atoms with Gasteiger partial charge in [-0.25, -0.2) is 0 Å². The number of carbonyl (C=O) groups is 3. The van der Waals surface area contributed by atoms with E-state index >= 15 is 0 Å². The number of amides is 3. The van der Waals surface area contributed by atoms with Crippen LogP contribution < -0.4 is 32.7 Å². The second-order valence-electron chi connectivity index (χ2n) is 7.52. The molecule has 14 nitrogen and oxygen atoms in total. The van der Waals surface area contributed by atoms with Crippen molar-refractivity contribution in [1.29, 1.82) is 5.41 Å². The second-order valence-corrected chi connectivity index (χ2v) is 7.52. The molecule has 0 spiro atoms. The smallest absolute Gasteiger partial charge is 0.273 e. The molecule has 0 aliphatic rings. The lowest BCUT2D eigenvalue weighted by Gasteiger charge is -2.07. The number of guanidine groups is 1. The highest BCUT2D eigenvalue weighted by atomic mass is 35.5. The molecule has 12 N–H and O–H groups in total. The molecule has 0 aromatic carbocycles. The number of carbonyl (C=O) groups excluding carboxylic acids is 3. The van der Waals surface area contributed by atoms with Gasteiger partial charge in [-0.3, -0.25) is 24.9 Å². The molecule has 0 aliphatic heterocycles. The molecule has 0 atom stereocenters. The third kappa shape index (κ3) is 5.92. The normalized spacial score (nSPS) is 10.3. The summed E-state index contributed by atoms with van der Waals surface area (Å²) in [7, 11) is 0. The number of nitrogens with zero attached hydrogens (tertiary/aromatic N) is 1. The van der Waals surface area contributed by atoms with Crippen LogP contribution in [0.1, 0.15) is 48.2 Å². The van der Waals surface area contributed by atoms with Crippen molar-refractivity contribution in [2.24, 2.45) is 5.73 Å². The van der Waals surface area contributed by atoms with E-state index in [1.165, 1.54) is 12.4 Å². The number of hydrogen-bond acceptors (Lipinski definition) is 6. The Bertz CT molecular complexity index is 1260. The fraction of sp³-hybridized carbons (Fsp3) is 0.250. The maximum Gasteiger partial charge on any atom is 0.273 e. The van der Waals surface area contributed by atoms with Gasteiger partial charge in [0.1, 0.15) is 17.1 Å². The Labute approximate surface area is 206 Å². The van der Waals surface area contributed by atoms with Crippen molar-refractivity contribution in [3.63, 3.8) is 0 Å². The first-order valence-electron chi connectivity index (χ1n) is 10.2. The Kier molecular flexibility index (Phi) is 8.50. The largest absolute Gasteiger partial charge is 0.397 e. The van der Waals surface area contributed by atoms with Crippen LogP contribution in [0, 0.1) is 26.2 Å². The van der Waals surface area contributed by atoms with E-state index < -0.39 is 11.8 Å². The molecule has 0 unspecified atom stereocenters. The number of aromatic amines is 3. The monoisotopic (exact) mass is 505 g/mol. The molecule has 0 radical (unpaired) electrons. The number of H-pyrrole nitrogens is 3. The molecule has 3 aromatic rings. The van der Waals surface area contributed by atoms with E-state index in [1.807, 2.05) is 0 Å². The Morgan fingerprint density at radius 1 is 0.886 bits per heavy atom. The van der Waals surface area contributed by atoms with Gasteiger partial charge in [0.2, 0.25) is 0 Å². The van der Waals surface area contributed by atoms with Crippen molar-refractivity contribution in [3.05, 3.63) is 46.2 Å². The highest BCUT2D eigenvalue weighted by Crippen LogP contribution is 2.23. The summed E-state index contributed by atoms with van der Waals surface area (Å²) < 4.78 is 0. The summed E-state index contributed by atoms with van der Waals surface area (Å²) in [5, 5.41) is 24.3. The van der Waals surface area contributed by atoms with E-state index in [9.17, 15) is 14.4 Å². The van der Waals surface area contributed by atoms with Crippen molar-refractivity contribution in [1.82, 2.24) is 30.8 Å². The van der Waals surface area contributed by atoms with Crippen LogP contribution >= 0.6 is 12.4 Å². The summed E-state index contributed by atoms with van der Waals surface area (Å²) in [4.78, 5) is 43.3. The Morgan fingerprint density at radius 2 is 1.49 bits per heavy atom. The minimum Gasteiger partial charge on any atom is -0.397 e. The lowest BCUT2D eigenvalue weighted by molar-refractivity contribution is 0.0947. The topological polar surface area (TPSA) is 235 Å². The van der Waals surface area contributed by atoms with Crippen molar-refractivity contribution < 1.29 is 14.4 Å². The number of hydrogen-bond donors (Lipinski definition) is 10. The Morgan fingerprint density at radius 3 is 2.11 bits per heavy atom. The quantitative estimate of drug-likeness (QED) is 0.119. The fourth-order valence-corrected chi connectivity index (χ4v) is 3.16. The highest BCUT2D eigenvalue weighted by Gasteiger charge is 2.21. The number of nitrogens with one attached hydrogen (secondary N) is 8. The number of nitrogen functional groups attached to an aromatic ring is 1. The van der Waals surface area contributed by atoms with Crippen LogP contribution in [-0.2, 0) is 0 Å². The molecule has 3 rings (SSSR count). The van der Waals surface area contributed by atoms with Gasteiger partial charge in [-0.2, -0.15) is 5.10 Å². The molecular weight excluding hydrogens is 478 g/mol. The molecule has 188 valence electrons. The van der Waals surface area contributed by atoms with Crippen molar-refractivity contribution >= 4 is 53.3 Å². The van der Waals surface area contributed by atoms with Crippen LogP contribution in [0.5, 0.6) is 0 Å².